The Kier molecular flexibility index (Phi) is 7.92. The number of esters is 1. The molecule has 0 aromatic heterocycles. The summed E-state index contributed by atoms with van der Waals surface area (Å²) in [6.45, 7) is 2.56. The van der Waals surface area contributed by atoms with Gasteiger partial charge < -0.3 is 19.5 Å². The van der Waals surface area contributed by atoms with Gasteiger partial charge in [0, 0.05) is 24.4 Å². The van der Waals surface area contributed by atoms with Crippen molar-refractivity contribution in [3.8, 4) is 5.75 Å². The number of hydrogen-bond donors (Lipinski definition) is 1. The van der Waals surface area contributed by atoms with Crippen molar-refractivity contribution in [2.75, 3.05) is 31.7 Å². The number of anilines is 1. The maximum atomic E-state index is 12.0. The van der Waals surface area contributed by atoms with Crippen LogP contribution in [-0.4, -0.2) is 43.2 Å². The number of carbonyl (C=O) groups is 2. The number of nitrogens with zero attached hydrogens (tertiary/aromatic N) is 1. The largest absolute Gasteiger partial charge is 0.484 e. The maximum absolute atomic E-state index is 12.0. The molecule has 0 spiro atoms. The second kappa shape index (κ2) is 10.6. The molecule has 0 aliphatic rings. The van der Waals surface area contributed by atoms with Gasteiger partial charge in [-0.25, -0.2) is 4.79 Å². The molecule has 0 unspecified atom stereocenters. The van der Waals surface area contributed by atoms with Crippen LogP contribution in [0.4, 0.5) is 11.4 Å². The van der Waals surface area contributed by atoms with E-state index < -0.39 is 16.8 Å². The summed E-state index contributed by atoms with van der Waals surface area (Å²) >= 11 is 0. The second-order valence-electron chi connectivity index (χ2n) is 5.50. The fourth-order valence-electron chi connectivity index (χ4n) is 2.15. The Labute approximate surface area is 161 Å². The summed E-state index contributed by atoms with van der Waals surface area (Å²) in [7, 11) is 0. The zero-order chi connectivity index (χ0) is 20.4. The lowest BCUT2D eigenvalue weighted by molar-refractivity contribution is -0.384. The number of hydrogen-bond acceptors (Lipinski definition) is 7. The van der Waals surface area contributed by atoms with Crippen molar-refractivity contribution >= 4 is 23.3 Å². The minimum Gasteiger partial charge on any atom is -0.484 e. The molecule has 28 heavy (non-hydrogen) atoms. The number of benzene rings is 2. The Morgan fingerprint density at radius 1 is 1.11 bits per heavy atom. The van der Waals surface area contributed by atoms with Gasteiger partial charge in [0.15, 0.2) is 6.61 Å². The fourth-order valence-corrected chi connectivity index (χ4v) is 2.15. The van der Waals surface area contributed by atoms with Crippen LogP contribution in [0, 0.1) is 10.1 Å². The summed E-state index contributed by atoms with van der Waals surface area (Å²) in [5, 5.41) is 13.2. The Morgan fingerprint density at radius 3 is 2.54 bits per heavy atom. The van der Waals surface area contributed by atoms with Crippen LogP contribution in [0.1, 0.15) is 17.3 Å². The molecule has 0 fully saturated rings. The number of nitro groups is 1. The van der Waals surface area contributed by atoms with E-state index in [1.54, 1.807) is 18.2 Å². The van der Waals surface area contributed by atoms with Crippen molar-refractivity contribution in [3.05, 3.63) is 64.2 Å². The van der Waals surface area contributed by atoms with Crippen LogP contribution in [0.3, 0.4) is 0 Å². The van der Waals surface area contributed by atoms with Gasteiger partial charge in [0.05, 0.1) is 17.1 Å². The molecule has 0 heterocycles. The first-order valence-corrected chi connectivity index (χ1v) is 8.51. The van der Waals surface area contributed by atoms with E-state index in [1.807, 2.05) is 6.92 Å². The van der Waals surface area contributed by atoms with Crippen molar-refractivity contribution < 1.29 is 28.7 Å². The minimum absolute atomic E-state index is 0.0678. The van der Waals surface area contributed by atoms with Crippen molar-refractivity contribution in [1.82, 2.24) is 0 Å². The number of rotatable bonds is 10. The summed E-state index contributed by atoms with van der Waals surface area (Å²) in [5.74, 6) is -0.634. The van der Waals surface area contributed by atoms with Crippen LogP contribution in [-0.2, 0) is 14.3 Å². The van der Waals surface area contributed by atoms with Gasteiger partial charge in [-0.1, -0.05) is 6.07 Å². The Balaban J connectivity index is 1.84. The van der Waals surface area contributed by atoms with E-state index >= 15 is 0 Å². The maximum Gasteiger partial charge on any atom is 0.338 e. The molecule has 0 saturated carbocycles. The first-order valence-electron chi connectivity index (χ1n) is 8.51. The molecule has 9 nitrogen and oxygen atoms in total. The molecule has 148 valence electrons. The zero-order valence-corrected chi connectivity index (χ0v) is 15.3. The molecule has 2 aromatic rings. The number of ether oxygens (including phenoxy) is 3. The summed E-state index contributed by atoms with van der Waals surface area (Å²) in [6.07, 6.45) is 0. The van der Waals surface area contributed by atoms with E-state index in [1.165, 1.54) is 30.3 Å². The highest BCUT2D eigenvalue weighted by Crippen LogP contribution is 2.17. The predicted molar refractivity (Wildman–Crippen MR) is 100 cm³/mol. The standard InChI is InChI=1S/C19H20N2O7/c1-2-26-10-11-27-19(23)14-4-3-5-15(12-14)20-18(22)13-28-17-8-6-16(7-9-17)21(24)25/h3-9,12H,2,10-11,13H2,1H3,(H,20,22). The highest BCUT2D eigenvalue weighted by molar-refractivity contribution is 5.95. The molecule has 2 rings (SSSR count). The van der Waals surface area contributed by atoms with E-state index in [4.69, 9.17) is 14.2 Å². The Morgan fingerprint density at radius 2 is 1.86 bits per heavy atom. The van der Waals surface area contributed by atoms with Crippen molar-refractivity contribution in [1.29, 1.82) is 0 Å². The lowest BCUT2D eigenvalue weighted by Gasteiger charge is -2.09. The number of nitrogens with one attached hydrogen (secondary N) is 1. The second-order valence-corrected chi connectivity index (χ2v) is 5.50. The molecule has 9 heteroatoms. The zero-order valence-electron chi connectivity index (χ0n) is 15.3. The van der Waals surface area contributed by atoms with Crippen LogP contribution in [0.15, 0.2) is 48.5 Å². The lowest BCUT2D eigenvalue weighted by atomic mass is 10.2. The van der Waals surface area contributed by atoms with Gasteiger partial charge >= 0.3 is 5.97 Å². The monoisotopic (exact) mass is 388 g/mol. The third-order valence-electron chi connectivity index (χ3n) is 3.46. The van der Waals surface area contributed by atoms with Crippen molar-refractivity contribution in [2.24, 2.45) is 0 Å². The summed E-state index contributed by atoms with van der Waals surface area (Å²) in [6, 6.07) is 11.7. The molecule has 0 aliphatic carbocycles. The van der Waals surface area contributed by atoms with Gasteiger partial charge in [0.25, 0.3) is 11.6 Å². The Bertz CT molecular complexity index is 821. The summed E-state index contributed by atoms with van der Waals surface area (Å²) in [4.78, 5) is 34.1. The van der Waals surface area contributed by atoms with E-state index in [0.29, 0.717) is 30.2 Å². The number of amides is 1. The quantitative estimate of drug-likeness (QED) is 0.288. The molecule has 0 radical (unpaired) electrons. The highest BCUT2D eigenvalue weighted by atomic mass is 16.6. The van der Waals surface area contributed by atoms with E-state index in [2.05, 4.69) is 5.32 Å². The topological polar surface area (TPSA) is 117 Å². The van der Waals surface area contributed by atoms with Crippen molar-refractivity contribution in [3.63, 3.8) is 0 Å². The van der Waals surface area contributed by atoms with Crippen molar-refractivity contribution in [2.45, 2.75) is 6.92 Å². The molecule has 2 aromatic carbocycles. The SMILES string of the molecule is CCOCCOC(=O)c1cccc(NC(=O)COc2ccc([N+](=O)[O-])cc2)c1. The van der Waals surface area contributed by atoms with Crippen LogP contribution in [0.5, 0.6) is 5.75 Å². The molecule has 1 amide bonds. The van der Waals surface area contributed by atoms with Gasteiger partial charge in [-0.2, -0.15) is 0 Å². The van der Waals surface area contributed by atoms with Crippen LogP contribution in [0.25, 0.3) is 0 Å². The highest BCUT2D eigenvalue weighted by Gasteiger charge is 2.10. The molecular formula is C19H20N2O7. The van der Waals surface area contributed by atoms with Crippen LogP contribution >= 0.6 is 0 Å². The molecule has 0 saturated heterocycles. The molecule has 0 atom stereocenters. The molecule has 1 N–H and O–H groups in total. The third-order valence-corrected chi connectivity index (χ3v) is 3.46. The van der Waals surface area contributed by atoms with E-state index in [0.717, 1.165) is 0 Å². The smallest absolute Gasteiger partial charge is 0.338 e. The average Bonchev–Trinajstić information content (AvgIpc) is 2.70. The van der Waals surface area contributed by atoms with Gasteiger partial charge in [-0.15, -0.1) is 0 Å². The lowest BCUT2D eigenvalue weighted by Crippen LogP contribution is -2.20. The van der Waals surface area contributed by atoms with Gasteiger partial charge in [-0.05, 0) is 37.3 Å². The normalized spacial score (nSPS) is 10.2. The summed E-state index contributed by atoms with van der Waals surface area (Å²) in [5.41, 5.74) is 0.643. The van der Waals surface area contributed by atoms with E-state index in [9.17, 15) is 19.7 Å². The predicted octanol–water partition coefficient (Wildman–Crippen LogP) is 2.81. The third kappa shape index (κ3) is 6.69. The van der Waals surface area contributed by atoms with Gasteiger partial charge in [0.1, 0.15) is 12.4 Å². The summed E-state index contributed by atoms with van der Waals surface area (Å²) < 4.78 is 15.5. The Hall–Kier alpha value is -3.46. The number of non-ortho nitro benzene ring substituents is 1. The number of nitro benzene ring substituents is 1. The molecule has 0 aliphatic heterocycles. The number of carbonyl (C=O) groups excluding carboxylic acids is 2. The average molecular weight is 388 g/mol. The van der Waals surface area contributed by atoms with Gasteiger partial charge in [-0.3, -0.25) is 14.9 Å². The molecular weight excluding hydrogens is 368 g/mol. The first kappa shape index (κ1) is 20.8. The van der Waals surface area contributed by atoms with Gasteiger partial charge in [0.2, 0.25) is 0 Å². The first-order chi connectivity index (χ1) is 13.5. The molecule has 0 bridgehead atoms. The fraction of sp³-hybridized carbons (Fsp3) is 0.263. The van der Waals surface area contributed by atoms with Crippen LogP contribution < -0.4 is 10.1 Å². The van der Waals surface area contributed by atoms with E-state index in [-0.39, 0.29) is 18.9 Å². The van der Waals surface area contributed by atoms with Crippen LogP contribution in [0.2, 0.25) is 0 Å². The minimum atomic E-state index is -0.523.